The summed E-state index contributed by atoms with van der Waals surface area (Å²) in [5.41, 5.74) is 1.35. The van der Waals surface area contributed by atoms with E-state index in [1.54, 1.807) is 37.4 Å². The Morgan fingerprint density at radius 1 is 1.00 bits per heavy atom. The van der Waals surface area contributed by atoms with Crippen molar-refractivity contribution in [2.24, 2.45) is 0 Å². The molecule has 0 saturated carbocycles. The first-order valence-corrected chi connectivity index (χ1v) is 10.7. The maximum atomic E-state index is 13.5. The highest BCUT2D eigenvalue weighted by molar-refractivity contribution is 9.10. The Labute approximate surface area is 190 Å². The summed E-state index contributed by atoms with van der Waals surface area (Å²) in [5, 5.41) is 0.351. The van der Waals surface area contributed by atoms with Crippen LogP contribution in [-0.4, -0.2) is 19.1 Å². The lowest BCUT2D eigenvalue weighted by molar-refractivity contribution is 0.536. The highest BCUT2D eigenvalue weighted by Crippen LogP contribution is 2.24. The zero-order valence-corrected chi connectivity index (χ0v) is 18.6. The molecule has 0 N–H and O–H groups in total. The summed E-state index contributed by atoms with van der Waals surface area (Å²) in [4.78, 5) is 35.6. The van der Waals surface area contributed by atoms with Crippen LogP contribution in [-0.2, 0) is 6.54 Å². The molecule has 3 heterocycles. The number of benzene rings is 2. The molecule has 3 aromatic heterocycles. The first-order chi connectivity index (χ1) is 15.5. The second-order valence-corrected chi connectivity index (χ2v) is 8.17. The van der Waals surface area contributed by atoms with Gasteiger partial charge in [0.2, 0.25) is 5.89 Å². The Hall–Kier alpha value is -3.78. The van der Waals surface area contributed by atoms with Gasteiger partial charge in [0.1, 0.15) is 11.5 Å². The number of para-hydroxylation sites is 1. The number of nitrogens with zero attached hydrogens (tertiary/aromatic N) is 4. The van der Waals surface area contributed by atoms with Crippen molar-refractivity contribution in [1.82, 2.24) is 19.1 Å². The van der Waals surface area contributed by atoms with E-state index in [-0.39, 0.29) is 6.54 Å². The molecule has 2 aromatic carbocycles. The molecule has 0 radical (unpaired) electrons. The van der Waals surface area contributed by atoms with Crippen LogP contribution in [0.3, 0.4) is 0 Å². The van der Waals surface area contributed by atoms with E-state index < -0.39 is 11.2 Å². The number of pyridine rings is 1. The van der Waals surface area contributed by atoms with Gasteiger partial charge in [-0.3, -0.25) is 9.36 Å². The van der Waals surface area contributed by atoms with Crippen molar-refractivity contribution in [3.8, 4) is 17.1 Å². The van der Waals surface area contributed by atoms with Gasteiger partial charge in [-0.1, -0.05) is 40.2 Å². The van der Waals surface area contributed by atoms with Crippen molar-refractivity contribution in [3.05, 3.63) is 110 Å². The highest BCUT2D eigenvalue weighted by atomic mass is 79.9. The van der Waals surface area contributed by atoms with Crippen LogP contribution in [0, 0.1) is 6.92 Å². The molecule has 5 rings (SSSR count). The monoisotopic (exact) mass is 488 g/mol. The second-order valence-electron chi connectivity index (χ2n) is 7.25. The maximum Gasteiger partial charge on any atom is 0.337 e. The van der Waals surface area contributed by atoms with Gasteiger partial charge in [-0.2, -0.15) is 0 Å². The number of hydrogen-bond acceptors (Lipinski definition) is 5. The smallest absolute Gasteiger partial charge is 0.337 e. The lowest BCUT2D eigenvalue weighted by Gasteiger charge is -2.12. The average molecular weight is 489 g/mol. The van der Waals surface area contributed by atoms with Crippen LogP contribution in [0.2, 0.25) is 0 Å². The third-order valence-electron chi connectivity index (χ3n) is 5.18. The van der Waals surface area contributed by atoms with E-state index in [1.165, 1.54) is 9.13 Å². The predicted molar refractivity (Wildman–Crippen MR) is 125 cm³/mol. The van der Waals surface area contributed by atoms with Crippen LogP contribution in [0.15, 0.2) is 91.4 Å². The maximum absolute atomic E-state index is 13.5. The van der Waals surface area contributed by atoms with Crippen LogP contribution < -0.4 is 11.2 Å². The molecule has 0 aliphatic heterocycles. The molecule has 0 bridgehead atoms. The zero-order chi connectivity index (χ0) is 22.2. The van der Waals surface area contributed by atoms with Crippen LogP contribution in [0.5, 0.6) is 0 Å². The molecule has 158 valence electrons. The quantitative estimate of drug-likeness (QED) is 0.376. The van der Waals surface area contributed by atoms with Gasteiger partial charge < -0.3 is 4.42 Å². The van der Waals surface area contributed by atoms with E-state index in [4.69, 9.17) is 4.42 Å². The Morgan fingerprint density at radius 3 is 2.59 bits per heavy atom. The number of rotatable bonds is 4. The normalized spacial score (nSPS) is 11.2. The second kappa shape index (κ2) is 8.05. The van der Waals surface area contributed by atoms with Crippen LogP contribution in [0.4, 0.5) is 0 Å². The molecule has 0 fully saturated rings. The Morgan fingerprint density at radius 2 is 1.81 bits per heavy atom. The van der Waals surface area contributed by atoms with Gasteiger partial charge in [-0.25, -0.2) is 19.3 Å². The summed E-state index contributed by atoms with van der Waals surface area (Å²) in [5.74, 6) is 0.974. The van der Waals surface area contributed by atoms with Gasteiger partial charge in [-0.15, -0.1) is 0 Å². The molecule has 0 aliphatic carbocycles. The van der Waals surface area contributed by atoms with Crippen LogP contribution >= 0.6 is 15.9 Å². The molecule has 5 aromatic rings. The van der Waals surface area contributed by atoms with E-state index in [9.17, 15) is 9.59 Å². The van der Waals surface area contributed by atoms with E-state index in [0.29, 0.717) is 34.1 Å². The van der Waals surface area contributed by atoms with Gasteiger partial charge in [-0.05, 0) is 49.4 Å². The van der Waals surface area contributed by atoms with Crippen LogP contribution in [0.25, 0.3) is 28.2 Å². The summed E-state index contributed by atoms with van der Waals surface area (Å²) in [6.07, 6.45) is 1.57. The van der Waals surface area contributed by atoms with E-state index in [2.05, 4.69) is 25.9 Å². The fourth-order valence-electron chi connectivity index (χ4n) is 3.60. The standard InChI is InChI=1S/C24H17BrN4O3/c1-15-20(27-22(32-15)16-7-5-8-17(25)13-16)14-28-23(30)19-11-6-12-26-21(19)29(24(28)31)18-9-3-2-4-10-18/h2-13H,14H2,1H3. The molecule has 8 heteroatoms. The van der Waals surface area contributed by atoms with Crippen LogP contribution in [0.1, 0.15) is 11.5 Å². The minimum atomic E-state index is -0.487. The fourth-order valence-corrected chi connectivity index (χ4v) is 4.00. The molecule has 0 unspecified atom stereocenters. The number of hydrogen-bond donors (Lipinski definition) is 0. The molecule has 0 atom stereocenters. The molecule has 32 heavy (non-hydrogen) atoms. The molecule has 0 amide bonds. The lowest BCUT2D eigenvalue weighted by Crippen LogP contribution is -2.40. The summed E-state index contributed by atoms with van der Waals surface area (Å²) >= 11 is 3.45. The minimum Gasteiger partial charge on any atom is -0.441 e. The van der Waals surface area contributed by atoms with Crippen molar-refractivity contribution in [1.29, 1.82) is 0 Å². The minimum absolute atomic E-state index is 0.0152. The number of aromatic nitrogens is 4. The van der Waals surface area contributed by atoms with Gasteiger partial charge >= 0.3 is 5.69 Å². The molecule has 0 saturated heterocycles. The number of oxazole rings is 1. The molecular weight excluding hydrogens is 472 g/mol. The number of aryl methyl sites for hydroxylation is 1. The largest absolute Gasteiger partial charge is 0.441 e. The number of fused-ring (bicyclic) bond motifs is 1. The SMILES string of the molecule is Cc1oc(-c2cccc(Br)c2)nc1Cn1c(=O)c2cccnc2n(-c2ccccc2)c1=O. The van der Waals surface area contributed by atoms with E-state index in [1.807, 2.05) is 42.5 Å². The van der Waals surface area contributed by atoms with E-state index in [0.717, 1.165) is 10.0 Å². The number of halogens is 1. The lowest BCUT2D eigenvalue weighted by atomic mass is 10.2. The third kappa shape index (κ3) is 3.48. The van der Waals surface area contributed by atoms with Gasteiger partial charge in [0, 0.05) is 16.2 Å². The van der Waals surface area contributed by atoms with Gasteiger partial charge in [0.25, 0.3) is 5.56 Å². The summed E-state index contributed by atoms with van der Waals surface area (Å²) in [6, 6.07) is 20.1. The summed E-state index contributed by atoms with van der Waals surface area (Å²) in [6.45, 7) is 1.76. The Bertz CT molecular complexity index is 1570. The Balaban J connectivity index is 1.68. The van der Waals surface area contributed by atoms with Crippen molar-refractivity contribution < 1.29 is 4.42 Å². The molecular formula is C24H17BrN4O3. The highest BCUT2D eigenvalue weighted by Gasteiger charge is 2.19. The first-order valence-electron chi connectivity index (χ1n) is 9.91. The average Bonchev–Trinajstić information content (AvgIpc) is 3.18. The van der Waals surface area contributed by atoms with Gasteiger partial charge in [0.05, 0.1) is 17.6 Å². The summed E-state index contributed by atoms with van der Waals surface area (Å²) < 4.78 is 9.36. The van der Waals surface area contributed by atoms with E-state index >= 15 is 0 Å². The molecule has 0 spiro atoms. The topological polar surface area (TPSA) is 82.9 Å². The predicted octanol–water partition coefficient (Wildman–Crippen LogP) is 4.32. The molecule has 7 nitrogen and oxygen atoms in total. The molecule has 0 aliphatic rings. The third-order valence-corrected chi connectivity index (χ3v) is 5.68. The zero-order valence-electron chi connectivity index (χ0n) is 17.0. The van der Waals surface area contributed by atoms with Crippen molar-refractivity contribution in [2.75, 3.05) is 0 Å². The first kappa shape index (κ1) is 20.1. The Kier molecular flexibility index (Phi) is 5.07. The van der Waals surface area contributed by atoms with Gasteiger partial charge in [0.15, 0.2) is 5.65 Å². The van der Waals surface area contributed by atoms with Crippen molar-refractivity contribution in [2.45, 2.75) is 13.5 Å². The van der Waals surface area contributed by atoms with Crippen molar-refractivity contribution >= 4 is 27.0 Å². The van der Waals surface area contributed by atoms with Crippen molar-refractivity contribution in [3.63, 3.8) is 0 Å². The fraction of sp³-hybridized carbons (Fsp3) is 0.0833. The summed E-state index contributed by atoms with van der Waals surface area (Å²) in [7, 11) is 0.